The average Bonchev–Trinajstić information content (AvgIpc) is 2.32. The summed E-state index contributed by atoms with van der Waals surface area (Å²) in [6, 6.07) is 0. The maximum Gasteiger partial charge on any atom is 0.207 e. The lowest BCUT2D eigenvalue weighted by Crippen LogP contribution is -2.41. The lowest BCUT2D eigenvalue weighted by atomic mass is 9.98. The minimum Gasteiger partial charge on any atom is -0.394 e. The quantitative estimate of drug-likeness (QED) is 0.391. The van der Waals surface area contributed by atoms with Crippen molar-refractivity contribution in [2.75, 3.05) is 6.61 Å². The van der Waals surface area contributed by atoms with E-state index in [2.05, 4.69) is 0 Å². The van der Waals surface area contributed by atoms with Crippen LogP contribution in [0.4, 0.5) is 0 Å². The van der Waals surface area contributed by atoms with Gasteiger partial charge >= 0.3 is 0 Å². The SMILES string of the molecule is CC1(C)[C@]2(O)O[C@H](CO)[C@H](O)[C@]12O. The Morgan fingerprint density at radius 3 is 2.15 bits per heavy atom. The highest BCUT2D eigenvalue weighted by atomic mass is 16.7. The molecule has 4 atom stereocenters. The first-order valence-electron chi connectivity index (χ1n) is 4.24. The lowest BCUT2D eigenvalue weighted by molar-refractivity contribution is -0.179. The Kier molecular flexibility index (Phi) is 1.49. The third-order valence-corrected chi connectivity index (χ3v) is 3.54. The maximum atomic E-state index is 9.89. The van der Waals surface area contributed by atoms with Crippen LogP contribution in [0, 0.1) is 5.41 Å². The fourth-order valence-electron chi connectivity index (χ4n) is 2.32. The average molecular weight is 190 g/mol. The number of rotatable bonds is 1. The van der Waals surface area contributed by atoms with Crippen molar-refractivity contribution < 1.29 is 25.2 Å². The fraction of sp³-hybridized carbons (Fsp3) is 1.00. The van der Waals surface area contributed by atoms with Gasteiger partial charge in [0.05, 0.1) is 12.0 Å². The normalized spacial score (nSPS) is 57.7. The zero-order valence-corrected chi connectivity index (χ0v) is 7.56. The van der Waals surface area contributed by atoms with E-state index in [0.717, 1.165) is 0 Å². The number of hydrogen-bond acceptors (Lipinski definition) is 5. The van der Waals surface area contributed by atoms with Crippen molar-refractivity contribution >= 4 is 0 Å². The monoisotopic (exact) mass is 190 g/mol. The molecule has 0 aromatic heterocycles. The van der Waals surface area contributed by atoms with E-state index in [4.69, 9.17) is 9.84 Å². The molecule has 0 radical (unpaired) electrons. The van der Waals surface area contributed by atoms with Gasteiger partial charge in [-0.3, -0.25) is 0 Å². The second kappa shape index (κ2) is 2.07. The summed E-state index contributed by atoms with van der Waals surface area (Å²) in [4.78, 5) is 0. The first-order chi connectivity index (χ1) is 5.83. The summed E-state index contributed by atoms with van der Waals surface area (Å²) in [7, 11) is 0. The Labute approximate surface area is 75.6 Å². The van der Waals surface area contributed by atoms with Crippen molar-refractivity contribution in [3.05, 3.63) is 0 Å². The molecule has 1 saturated heterocycles. The van der Waals surface area contributed by atoms with Crippen molar-refractivity contribution in [1.82, 2.24) is 0 Å². The van der Waals surface area contributed by atoms with Gasteiger partial charge in [0.25, 0.3) is 0 Å². The molecule has 1 aliphatic carbocycles. The first kappa shape index (κ1) is 9.36. The highest BCUT2D eigenvalue weighted by Crippen LogP contribution is 2.71. The Morgan fingerprint density at radius 2 is 1.85 bits per heavy atom. The molecule has 0 amide bonds. The number of hydrogen-bond donors (Lipinski definition) is 4. The highest BCUT2D eigenvalue weighted by molar-refractivity contribution is 5.34. The minimum absolute atomic E-state index is 0.415. The zero-order valence-electron chi connectivity index (χ0n) is 7.56. The molecule has 1 saturated carbocycles. The predicted octanol–water partition coefficient (Wildman–Crippen LogP) is -1.80. The van der Waals surface area contributed by atoms with Gasteiger partial charge in [-0.2, -0.15) is 0 Å². The van der Waals surface area contributed by atoms with Crippen LogP contribution in [0.25, 0.3) is 0 Å². The van der Waals surface area contributed by atoms with E-state index in [1.54, 1.807) is 13.8 Å². The van der Waals surface area contributed by atoms with Crippen molar-refractivity contribution in [2.45, 2.75) is 37.4 Å². The van der Waals surface area contributed by atoms with Gasteiger partial charge in [-0.1, -0.05) is 13.8 Å². The fourth-order valence-corrected chi connectivity index (χ4v) is 2.32. The van der Waals surface area contributed by atoms with Gasteiger partial charge in [0.2, 0.25) is 5.79 Å². The minimum atomic E-state index is -1.72. The summed E-state index contributed by atoms with van der Waals surface area (Å²) in [6.45, 7) is 2.79. The largest absolute Gasteiger partial charge is 0.394 e. The van der Waals surface area contributed by atoms with Crippen LogP contribution in [0.5, 0.6) is 0 Å². The smallest absolute Gasteiger partial charge is 0.207 e. The predicted molar refractivity (Wildman–Crippen MR) is 41.6 cm³/mol. The molecule has 1 aliphatic heterocycles. The molecule has 5 heteroatoms. The summed E-state index contributed by atoms with van der Waals surface area (Å²) in [5, 5.41) is 38.0. The van der Waals surface area contributed by atoms with E-state index in [-0.39, 0.29) is 0 Å². The van der Waals surface area contributed by atoms with E-state index in [9.17, 15) is 15.3 Å². The van der Waals surface area contributed by atoms with Gasteiger partial charge in [0.15, 0.2) is 5.60 Å². The van der Waals surface area contributed by atoms with Gasteiger partial charge in [-0.05, 0) is 0 Å². The van der Waals surface area contributed by atoms with Crippen molar-refractivity contribution in [3.63, 3.8) is 0 Å². The van der Waals surface area contributed by atoms with E-state index < -0.39 is 35.6 Å². The summed E-state index contributed by atoms with van der Waals surface area (Å²) in [5.74, 6) is -1.72. The molecular weight excluding hydrogens is 176 g/mol. The van der Waals surface area contributed by atoms with Gasteiger partial charge < -0.3 is 25.2 Å². The van der Waals surface area contributed by atoms with Crippen LogP contribution in [0.2, 0.25) is 0 Å². The van der Waals surface area contributed by atoms with Crippen LogP contribution in [-0.2, 0) is 4.74 Å². The number of ether oxygens (including phenoxy) is 1. The third kappa shape index (κ3) is 0.649. The summed E-state index contributed by atoms with van der Waals surface area (Å²) < 4.78 is 5.01. The zero-order chi connectivity index (χ0) is 10.1. The molecule has 0 unspecified atom stereocenters. The Hall–Kier alpha value is -0.200. The molecule has 0 aromatic rings. The molecule has 1 heterocycles. The summed E-state index contributed by atoms with van der Waals surface area (Å²) in [5.41, 5.74) is -2.53. The maximum absolute atomic E-state index is 9.89. The second-order valence-corrected chi connectivity index (χ2v) is 4.32. The molecule has 13 heavy (non-hydrogen) atoms. The molecule has 0 aromatic carbocycles. The molecule has 76 valence electrons. The molecule has 0 spiro atoms. The second-order valence-electron chi connectivity index (χ2n) is 4.32. The van der Waals surface area contributed by atoms with Crippen LogP contribution >= 0.6 is 0 Å². The molecular formula is C8H14O5. The van der Waals surface area contributed by atoms with Crippen LogP contribution < -0.4 is 0 Å². The molecule has 4 N–H and O–H groups in total. The van der Waals surface area contributed by atoms with Gasteiger partial charge in [0, 0.05) is 0 Å². The molecule has 0 bridgehead atoms. The summed E-state index contributed by atoms with van der Waals surface area (Å²) in [6.07, 6.45) is -2.14. The summed E-state index contributed by atoms with van der Waals surface area (Å²) >= 11 is 0. The number of aliphatic hydroxyl groups excluding tert-OH is 2. The van der Waals surface area contributed by atoms with Crippen LogP contribution in [-0.4, -0.2) is 50.6 Å². The van der Waals surface area contributed by atoms with Crippen molar-refractivity contribution in [3.8, 4) is 0 Å². The molecule has 2 fully saturated rings. The topological polar surface area (TPSA) is 90.2 Å². The number of fused-ring (bicyclic) bond motifs is 1. The van der Waals surface area contributed by atoms with Gasteiger partial charge in [-0.15, -0.1) is 0 Å². The standard InChI is InChI=1S/C8H14O5/c1-6(2)7(11)5(10)4(3-9)13-8(6,7)12/h4-5,9-12H,3H2,1-2H3/t4-,5+,7+,8+/m1/s1. The van der Waals surface area contributed by atoms with Crippen molar-refractivity contribution in [1.29, 1.82) is 0 Å². The third-order valence-electron chi connectivity index (χ3n) is 3.54. The molecule has 2 rings (SSSR count). The Morgan fingerprint density at radius 1 is 1.31 bits per heavy atom. The van der Waals surface area contributed by atoms with Gasteiger partial charge in [0.1, 0.15) is 12.2 Å². The van der Waals surface area contributed by atoms with Gasteiger partial charge in [-0.25, -0.2) is 0 Å². The molecule has 5 nitrogen and oxygen atoms in total. The van der Waals surface area contributed by atoms with E-state index in [1.165, 1.54) is 0 Å². The highest BCUT2D eigenvalue weighted by Gasteiger charge is 2.92. The van der Waals surface area contributed by atoms with Crippen LogP contribution in [0.15, 0.2) is 0 Å². The first-order valence-corrected chi connectivity index (χ1v) is 4.24. The van der Waals surface area contributed by atoms with E-state index in [0.29, 0.717) is 0 Å². The number of aliphatic hydroxyl groups is 4. The lowest BCUT2D eigenvalue weighted by Gasteiger charge is -2.23. The van der Waals surface area contributed by atoms with Crippen LogP contribution in [0.1, 0.15) is 13.8 Å². The van der Waals surface area contributed by atoms with E-state index in [1.807, 2.05) is 0 Å². The van der Waals surface area contributed by atoms with Crippen LogP contribution in [0.3, 0.4) is 0 Å². The van der Waals surface area contributed by atoms with Crippen molar-refractivity contribution in [2.24, 2.45) is 5.41 Å². The molecule has 2 aliphatic rings. The Bertz CT molecular complexity index is 253. The van der Waals surface area contributed by atoms with E-state index >= 15 is 0 Å². The Balaban J connectivity index is 2.32.